The maximum absolute atomic E-state index is 12.0. The van der Waals surface area contributed by atoms with E-state index in [1.165, 1.54) is 32.1 Å². The predicted molar refractivity (Wildman–Crippen MR) is 59.9 cm³/mol. The average Bonchev–Trinajstić information content (AvgIpc) is 2.86. The summed E-state index contributed by atoms with van der Waals surface area (Å²) in [6, 6.07) is 0. The van der Waals surface area contributed by atoms with E-state index in [4.69, 9.17) is 0 Å². The Balaban J connectivity index is 1.65. The van der Waals surface area contributed by atoms with E-state index in [0.29, 0.717) is 5.69 Å². The summed E-state index contributed by atoms with van der Waals surface area (Å²) < 4.78 is 0. The van der Waals surface area contributed by atoms with Crippen LogP contribution in [0.15, 0.2) is 6.20 Å². The standard InChI is InChI=1S/C12H17N3O/c16-12-11-10(6-13-14-11)8-15(12)7-9-4-2-1-3-5-9/h6,9H,1-5,7-8H2,(H,13,14). The van der Waals surface area contributed by atoms with Gasteiger partial charge in [-0.05, 0) is 18.8 Å². The van der Waals surface area contributed by atoms with Gasteiger partial charge >= 0.3 is 0 Å². The monoisotopic (exact) mass is 219 g/mol. The Labute approximate surface area is 95.0 Å². The summed E-state index contributed by atoms with van der Waals surface area (Å²) in [5.41, 5.74) is 1.76. The van der Waals surface area contributed by atoms with E-state index in [9.17, 15) is 4.79 Å². The Morgan fingerprint density at radius 2 is 2.19 bits per heavy atom. The molecule has 0 atom stereocenters. The largest absolute Gasteiger partial charge is 0.333 e. The lowest BCUT2D eigenvalue weighted by molar-refractivity contribution is 0.0732. The molecule has 0 unspecified atom stereocenters. The first-order chi connectivity index (χ1) is 7.84. The molecular formula is C12H17N3O. The molecule has 16 heavy (non-hydrogen) atoms. The molecule has 2 aliphatic rings. The van der Waals surface area contributed by atoms with Crippen LogP contribution in [0.3, 0.4) is 0 Å². The van der Waals surface area contributed by atoms with E-state index in [-0.39, 0.29) is 5.91 Å². The first kappa shape index (κ1) is 9.87. The molecule has 0 saturated heterocycles. The third kappa shape index (κ3) is 1.62. The van der Waals surface area contributed by atoms with E-state index in [1.807, 2.05) is 4.90 Å². The molecule has 1 aromatic heterocycles. The lowest BCUT2D eigenvalue weighted by Gasteiger charge is -2.26. The van der Waals surface area contributed by atoms with Gasteiger partial charge in [0.1, 0.15) is 5.69 Å². The fourth-order valence-corrected chi connectivity index (χ4v) is 2.88. The van der Waals surface area contributed by atoms with E-state index >= 15 is 0 Å². The number of aromatic amines is 1. The van der Waals surface area contributed by atoms with Gasteiger partial charge in [-0.3, -0.25) is 9.89 Å². The first-order valence-electron chi connectivity index (χ1n) is 6.16. The normalized spacial score (nSPS) is 21.5. The second-order valence-corrected chi connectivity index (χ2v) is 4.96. The summed E-state index contributed by atoms with van der Waals surface area (Å²) in [5.74, 6) is 0.854. The topological polar surface area (TPSA) is 49.0 Å². The van der Waals surface area contributed by atoms with Gasteiger partial charge in [-0.25, -0.2) is 0 Å². The molecule has 1 aromatic rings. The van der Waals surface area contributed by atoms with E-state index in [0.717, 1.165) is 24.6 Å². The van der Waals surface area contributed by atoms with Crippen LogP contribution in [0.5, 0.6) is 0 Å². The highest BCUT2D eigenvalue weighted by Gasteiger charge is 2.30. The molecule has 4 heteroatoms. The molecule has 4 nitrogen and oxygen atoms in total. The SMILES string of the molecule is O=C1c2[nH]ncc2CN1CC1CCCCC1. The number of amides is 1. The van der Waals surface area contributed by atoms with Gasteiger partial charge in [-0.15, -0.1) is 0 Å². The molecule has 0 spiro atoms. The van der Waals surface area contributed by atoms with Crippen molar-refractivity contribution in [2.75, 3.05) is 6.54 Å². The predicted octanol–water partition coefficient (Wildman–Crippen LogP) is 1.95. The number of H-pyrrole nitrogens is 1. The van der Waals surface area contributed by atoms with Gasteiger partial charge in [0.25, 0.3) is 5.91 Å². The number of nitrogens with zero attached hydrogens (tertiary/aromatic N) is 2. The molecule has 1 amide bonds. The summed E-state index contributed by atoms with van der Waals surface area (Å²) in [4.78, 5) is 14.0. The summed E-state index contributed by atoms with van der Waals surface area (Å²) >= 11 is 0. The van der Waals surface area contributed by atoms with Gasteiger partial charge in [0.05, 0.1) is 6.20 Å². The molecule has 0 radical (unpaired) electrons. The molecule has 0 aromatic carbocycles. The molecule has 0 bridgehead atoms. The average molecular weight is 219 g/mol. The number of carbonyl (C=O) groups is 1. The number of fused-ring (bicyclic) bond motifs is 1. The van der Waals surface area contributed by atoms with Gasteiger partial charge in [-0.2, -0.15) is 5.10 Å². The molecule has 1 N–H and O–H groups in total. The Kier molecular flexibility index (Phi) is 2.42. The maximum Gasteiger partial charge on any atom is 0.272 e. The lowest BCUT2D eigenvalue weighted by Crippen LogP contribution is -2.31. The highest BCUT2D eigenvalue weighted by molar-refractivity contribution is 5.96. The second-order valence-electron chi connectivity index (χ2n) is 4.96. The third-order valence-electron chi connectivity index (χ3n) is 3.78. The van der Waals surface area contributed by atoms with Gasteiger partial charge in [-0.1, -0.05) is 19.3 Å². The number of nitrogens with one attached hydrogen (secondary N) is 1. The Bertz CT molecular complexity index is 393. The van der Waals surface area contributed by atoms with Crippen LogP contribution in [0.2, 0.25) is 0 Å². The van der Waals surface area contributed by atoms with Gasteiger partial charge < -0.3 is 4.90 Å². The summed E-state index contributed by atoms with van der Waals surface area (Å²) in [7, 11) is 0. The fourth-order valence-electron chi connectivity index (χ4n) is 2.88. The molecule has 3 rings (SSSR count). The minimum absolute atomic E-state index is 0.137. The molecule has 1 fully saturated rings. The zero-order valence-electron chi connectivity index (χ0n) is 9.41. The van der Waals surface area contributed by atoms with E-state index in [1.54, 1.807) is 6.20 Å². The Hall–Kier alpha value is -1.32. The second kappa shape index (κ2) is 3.92. The van der Waals surface area contributed by atoms with Crippen LogP contribution < -0.4 is 0 Å². The number of carbonyl (C=O) groups excluding carboxylic acids is 1. The lowest BCUT2D eigenvalue weighted by atomic mass is 9.89. The molecule has 2 heterocycles. The maximum atomic E-state index is 12.0. The number of aromatic nitrogens is 2. The van der Waals surface area contributed by atoms with Crippen molar-refractivity contribution in [1.29, 1.82) is 0 Å². The van der Waals surface area contributed by atoms with Crippen molar-refractivity contribution in [3.8, 4) is 0 Å². The third-order valence-corrected chi connectivity index (χ3v) is 3.78. The van der Waals surface area contributed by atoms with Crippen molar-refractivity contribution in [3.63, 3.8) is 0 Å². The molecular weight excluding hydrogens is 202 g/mol. The molecule has 1 aliphatic heterocycles. The van der Waals surface area contributed by atoms with Crippen molar-refractivity contribution < 1.29 is 4.79 Å². The summed E-state index contributed by atoms with van der Waals surface area (Å²) in [6.07, 6.45) is 8.38. The highest BCUT2D eigenvalue weighted by atomic mass is 16.2. The summed E-state index contributed by atoms with van der Waals surface area (Å²) in [5, 5.41) is 6.70. The highest BCUT2D eigenvalue weighted by Crippen LogP contribution is 2.27. The van der Waals surface area contributed by atoms with Crippen molar-refractivity contribution in [1.82, 2.24) is 15.1 Å². The molecule has 1 aliphatic carbocycles. The van der Waals surface area contributed by atoms with Crippen LogP contribution in [0, 0.1) is 5.92 Å². The van der Waals surface area contributed by atoms with E-state index in [2.05, 4.69) is 10.2 Å². The Morgan fingerprint density at radius 3 is 2.94 bits per heavy atom. The molecule has 1 saturated carbocycles. The quantitative estimate of drug-likeness (QED) is 0.826. The van der Waals surface area contributed by atoms with Crippen LogP contribution >= 0.6 is 0 Å². The van der Waals surface area contributed by atoms with Crippen molar-refractivity contribution in [2.45, 2.75) is 38.6 Å². The Morgan fingerprint density at radius 1 is 1.38 bits per heavy atom. The van der Waals surface area contributed by atoms with Gasteiger partial charge in [0.15, 0.2) is 0 Å². The van der Waals surface area contributed by atoms with Crippen molar-refractivity contribution in [3.05, 3.63) is 17.5 Å². The van der Waals surface area contributed by atoms with Crippen LogP contribution in [0.4, 0.5) is 0 Å². The zero-order chi connectivity index (χ0) is 11.0. The van der Waals surface area contributed by atoms with Crippen LogP contribution in [-0.4, -0.2) is 27.5 Å². The number of hydrogen-bond acceptors (Lipinski definition) is 2. The van der Waals surface area contributed by atoms with Crippen molar-refractivity contribution in [2.24, 2.45) is 5.92 Å². The van der Waals surface area contributed by atoms with Gasteiger partial charge in [0, 0.05) is 18.7 Å². The fraction of sp³-hybridized carbons (Fsp3) is 0.667. The van der Waals surface area contributed by atoms with Crippen LogP contribution in [-0.2, 0) is 6.54 Å². The van der Waals surface area contributed by atoms with E-state index < -0.39 is 0 Å². The smallest absolute Gasteiger partial charge is 0.272 e. The molecule has 86 valence electrons. The number of rotatable bonds is 2. The minimum Gasteiger partial charge on any atom is -0.333 e. The number of hydrogen-bond donors (Lipinski definition) is 1. The first-order valence-corrected chi connectivity index (χ1v) is 6.16. The van der Waals surface area contributed by atoms with Crippen LogP contribution in [0.1, 0.15) is 48.2 Å². The van der Waals surface area contributed by atoms with Crippen molar-refractivity contribution >= 4 is 5.91 Å². The minimum atomic E-state index is 0.137. The zero-order valence-corrected chi connectivity index (χ0v) is 9.41. The van der Waals surface area contributed by atoms with Gasteiger partial charge in [0.2, 0.25) is 0 Å². The summed E-state index contributed by atoms with van der Waals surface area (Å²) in [6.45, 7) is 1.68. The van der Waals surface area contributed by atoms with Crippen LogP contribution in [0.25, 0.3) is 0 Å².